The summed E-state index contributed by atoms with van der Waals surface area (Å²) >= 11 is 0. The van der Waals surface area contributed by atoms with E-state index in [0.29, 0.717) is 18.8 Å². The zero-order valence-electron chi connectivity index (χ0n) is 9.92. The fourth-order valence-corrected chi connectivity index (χ4v) is 1.46. The maximum atomic E-state index is 13.4. The lowest BCUT2D eigenvalue weighted by Gasteiger charge is -2.08. The molecule has 0 radical (unpaired) electrons. The van der Waals surface area contributed by atoms with Crippen LogP contribution in [0.15, 0.2) is 18.2 Å². The third-order valence-corrected chi connectivity index (χ3v) is 2.14. The molecule has 0 fully saturated rings. The Bertz CT molecular complexity index is 372. The van der Waals surface area contributed by atoms with Crippen molar-refractivity contribution in [1.29, 1.82) is 0 Å². The second-order valence-electron chi connectivity index (χ2n) is 4.10. The minimum absolute atomic E-state index is 0.125. The van der Waals surface area contributed by atoms with E-state index in [1.807, 2.05) is 20.8 Å². The van der Waals surface area contributed by atoms with E-state index in [4.69, 9.17) is 4.74 Å². The van der Waals surface area contributed by atoms with Gasteiger partial charge in [0.1, 0.15) is 11.6 Å². The van der Waals surface area contributed by atoms with Gasteiger partial charge in [-0.2, -0.15) is 0 Å². The molecular formula is C13H17FO2. The Labute approximate surface area is 95.4 Å². The monoisotopic (exact) mass is 224 g/mol. The van der Waals surface area contributed by atoms with Crippen molar-refractivity contribution in [2.45, 2.75) is 27.2 Å². The van der Waals surface area contributed by atoms with E-state index in [-0.39, 0.29) is 17.3 Å². The number of hydrogen-bond donors (Lipinski definition) is 0. The summed E-state index contributed by atoms with van der Waals surface area (Å²) in [6.07, 6.45) is 0.354. The van der Waals surface area contributed by atoms with Gasteiger partial charge in [-0.25, -0.2) is 4.39 Å². The second kappa shape index (κ2) is 5.64. The molecule has 0 spiro atoms. The van der Waals surface area contributed by atoms with Gasteiger partial charge in [0.2, 0.25) is 0 Å². The molecule has 0 aliphatic carbocycles. The first-order valence-electron chi connectivity index (χ1n) is 5.50. The van der Waals surface area contributed by atoms with Crippen LogP contribution in [0.1, 0.15) is 37.6 Å². The molecule has 0 saturated carbocycles. The maximum absolute atomic E-state index is 13.4. The maximum Gasteiger partial charge on any atom is 0.166 e. The summed E-state index contributed by atoms with van der Waals surface area (Å²) in [6, 6.07) is 4.28. The van der Waals surface area contributed by atoms with E-state index < -0.39 is 5.82 Å². The average Bonchev–Trinajstić information content (AvgIpc) is 2.20. The zero-order valence-corrected chi connectivity index (χ0v) is 9.92. The van der Waals surface area contributed by atoms with Crippen molar-refractivity contribution in [2.24, 2.45) is 5.92 Å². The first kappa shape index (κ1) is 12.7. The fourth-order valence-electron chi connectivity index (χ4n) is 1.46. The van der Waals surface area contributed by atoms with Crippen LogP contribution in [-0.2, 0) is 0 Å². The second-order valence-corrected chi connectivity index (χ2v) is 4.10. The number of carbonyl (C=O) groups excluding carboxylic acids is 1. The van der Waals surface area contributed by atoms with Crippen LogP contribution in [0.4, 0.5) is 4.39 Å². The molecule has 1 rings (SSSR count). The van der Waals surface area contributed by atoms with Gasteiger partial charge in [-0.05, 0) is 31.0 Å². The molecule has 16 heavy (non-hydrogen) atoms. The number of rotatable bonds is 5. The Kier molecular flexibility index (Phi) is 4.47. The first-order valence-corrected chi connectivity index (χ1v) is 5.50. The standard InChI is InChI=1S/C13H17FO2/c1-4-16-10-5-6-12(14)11(8-10)13(15)7-9(2)3/h5-6,8-9H,4,7H2,1-3H3. The minimum Gasteiger partial charge on any atom is -0.494 e. The lowest BCUT2D eigenvalue weighted by atomic mass is 10.0. The molecule has 0 heterocycles. The highest BCUT2D eigenvalue weighted by Gasteiger charge is 2.14. The van der Waals surface area contributed by atoms with Crippen molar-refractivity contribution in [1.82, 2.24) is 0 Å². The van der Waals surface area contributed by atoms with Crippen molar-refractivity contribution in [2.75, 3.05) is 6.61 Å². The molecule has 0 aromatic heterocycles. The van der Waals surface area contributed by atoms with Gasteiger partial charge in [0, 0.05) is 6.42 Å². The average molecular weight is 224 g/mol. The predicted octanol–water partition coefficient (Wildman–Crippen LogP) is 3.45. The van der Waals surface area contributed by atoms with Crippen LogP contribution >= 0.6 is 0 Å². The van der Waals surface area contributed by atoms with E-state index in [1.165, 1.54) is 18.2 Å². The summed E-state index contributed by atoms with van der Waals surface area (Å²) in [7, 11) is 0. The van der Waals surface area contributed by atoms with Crippen LogP contribution in [-0.4, -0.2) is 12.4 Å². The number of Topliss-reactive ketones (excluding diaryl/α,β-unsaturated/α-hetero) is 1. The third kappa shape index (κ3) is 3.33. The molecule has 0 bridgehead atoms. The van der Waals surface area contributed by atoms with Crippen LogP contribution in [0.3, 0.4) is 0 Å². The van der Waals surface area contributed by atoms with Gasteiger partial charge in [0.25, 0.3) is 0 Å². The zero-order chi connectivity index (χ0) is 12.1. The van der Waals surface area contributed by atoms with Crippen LogP contribution in [0.5, 0.6) is 5.75 Å². The molecule has 1 aromatic carbocycles. The SMILES string of the molecule is CCOc1ccc(F)c(C(=O)CC(C)C)c1. The van der Waals surface area contributed by atoms with Crippen molar-refractivity contribution in [3.8, 4) is 5.75 Å². The van der Waals surface area contributed by atoms with E-state index in [2.05, 4.69) is 0 Å². The summed E-state index contributed by atoms with van der Waals surface area (Å²) in [5.74, 6) is 0.113. The highest BCUT2D eigenvalue weighted by Crippen LogP contribution is 2.19. The third-order valence-electron chi connectivity index (χ3n) is 2.14. The van der Waals surface area contributed by atoms with Gasteiger partial charge in [0.15, 0.2) is 5.78 Å². The largest absolute Gasteiger partial charge is 0.494 e. The Morgan fingerprint density at radius 3 is 2.69 bits per heavy atom. The van der Waals surface area contributed by atoms with Gasteiger partial charge in [-0.15, -0.1) is 0 Å². The highest BCUT2D eigenvalue weighted by molar-refractivity contribution is 5.96. The smallest absolute Gasteiger partial charge is 0.166 e. The van der Waals surface area contributed by atoms with Crippen molar-refractivity contribution < 1.29 is 13.9 Å². The van der Waals surface area contributed by atoms with Crippen LogP contribution < -0.4 is 4.74 Å². The Morgan fingerprint density at radius 2 is 2.12 bits per heavy atom. The first-order chi connectivity index (χ1) is 7.54. The summed E-state index contributed by atoms with van der Waals surface area (Å²) < 4.78 is 18.7. The number of benzene rings is 1. The topological polar surface area (TPSA) is 26.3 Å². The van der Waals surface area contributed by atoms with Crippen LogP contribution in [0, 0.1) is 11.7 Å². The summed E-state index contributed by atoms with van der Waals surface area (Å²) in [6.45, 7) is 6.22. The van der Waals surface area contributed by atoms with Gasteiger partial charge < -0.3 is 4.74 Å². The van der Waals surface area contributed by atoms with Crippen molar-refractivity contribution >= 4 is 5.78 Å². The molecule has 0 saturated heterocycles. The van der Waals surface area contributed by atoms with Crippen LogP contribution in [0.25, 0.3) is 0 Å². The number of carbonyl (C=O) groups is 1. The molecule has 3 heteroatoms. The predicted molar refractivity (Wildman–Crippen MR) is 61.4 cm³/mol. The van der Waals surface area contributed by atoms with E-state index in [1.54, 1.807) is 0 Å². The Balaban J connectivity index is 2.93. The molecule has 0 aliphatic heterocycles. The fraction of sp³-hybridized carbons (Fsp3) is 0.462. The van der Waals surface area contributed by atoms with E-state index >= 15 is 0 Å². The molecule has 0 N–H and O–H groups in total. The molecule has 0 amide bonds. The Hall–Kier alpha value is -1.38. The molecule has 1 aromatic rings. The quantitative estimate of drug-likeness (QED) is 0.716. The lowest BCUT2D eigenvalue weighted by Crippen LogP contribution is -2.06. The normalized spacial score (nSPS) is 10.6. The number of ketones is 1. The van der Waals surface area contributed by atoms with Crippen molar-refractivity contribution in [3.63, 3.8) is 0 Å². The van der Waals surface area contributed by atoms with E-state index in [0.717, 1.165) is 0 Å². The van der Waals surface area contributed by atoms with Crippen LogP contribution in [0.2, 0.25) is 0 Å². The molecule has 2 nitrogen and oxygen atoms in total. The molecule has 0 unspecified atom stereocenters. The molecule has 0 aliphatic rings. The number of halogens is 1. The lowest BCUT2D eigenvalue weighted by molar-refractivity contribution is 0.0963. The van der Waals surface area contributed by atoms with Crippen molar-refractivity contribution in [3.05, 3.63) is 29.6 Å². The summed E-state index contributed by atoms with van der Waals surface area (Å²) in [5, 5.41) is 0. The minimum atomic E-state index is -0.478. The molecular weight excluding hydrogens is 207 g/mol. The summed E-state index contributed by atoms with van der Waals surface area (Å²) in [5.41, 5.74) is 0.125. The Morgan fingerprint density at radius 1 is 1.44 bits per heavy atom. The van der Waals surface area contributed by atoms with E-state index in [9.17, 15) is 9.18 Å². The summed E-state index contributed by atoms with van der Waals surface area (Å²) in [4.78, 5) is 11.7. The van der Waals surface area contributed by atoms with Gasteiger partial charge in [0.05, 0.1) is 12.2 Å². The van der Waals surface area contributed by atoms with Gasteiger partial charge in [-0.1, -0.05) is 13.8 Å². The van der Waals surface area contributed by atoms with Gasteiger partial charge >= 0.3 is 0 Å². The number of ether oxygens (including phenoxy) is 1. The molecule has 88 valence electrons. The van der Waals surface area contributed by atoms with Gasteiger partial charge in [-0.3, -0.25) is 4.79 Å². The number of hydrogen-bond acceptors (Lipinski definition) is 2. The molecule has 0 atom stereocenters. The highest BCUT2D eigenvalue weighted by atomic mass is 19.1.